The van der Waals surface area contributed by atoms with Crippen LogP contribution in [0.4, 0.5) is 0 Å². The van der Waals surface area contributed by atoms with Gasteiger partial charge in [-0.25, -0.2) is 0 Å². The van der Waals surface area contributed by atoms with E-state index in [0.29, 0.717) is 11.9 Å². The summed E-state index contributed by atoms with van der Waals surface area (Å²) in [6, 6.07) is 0.444. The van der Waals surface area contributed by atoms with Gasteiger partial charge in [-0.1, -0.05) is 0 Å². The van der Waals surface area contributed by atoms with Crippen LogP contribution in [-0.2, 0) is 18.3 Å². The number of hydrogen-bond donors (Lipinski definition) is 0. The first-order valence-corrected chi connectivity index (χ1v) is 6.11. The third-order valence-corrected chi connectivity index (χ3v) is 3.29. The van der Waals surface area contributed by atoms with Gasteiger partial charge < -0.3 is 4.74 Å². The Balaban J connectivity index is 1.96. The highest BCUT2D eigenvalue weighted by Gasteiger charge is 2.25. The van der Waals surface area contributed by atoms with Crippen molar-refractivity contribution in [3.63, 3.8) is 0 Å². The Hall–Kier alpha value is -0.580. The van der Waals surface area contributed by atoms with Crippen LogP contribution in [0.5, 0.6) is 0 Å². The van der Waals surface area contributed by atoms with Gasteiger partial charge in [0.1, 0.15) is 0 Å². The standard InChI is InChI=1S/C11H18ClN3O/c1-9-8-16-11(3-12)7-15(9)6-10-4-13-14(2)5-10/h4-5,9,11H,3,6-8H2,1-2H3. The SMILES string of the molecule is CC1COC(CCl)CN1Cc1cnn(C)c1. The minimum Gasteiger partial charge on any atom is -0.374 e. The van der Waals surface area contributed by atoms with E-state index >= 15 is 0 Å². The van der Waals surface area contributed by atoms with E-state index in [1.807, 2.05) is 17.9 Å². The van der Waals surface area contributed by atoms with Crippen LogP contribution < -0.4 is 0 Å². The van der Waals surface area contributed by atoms with E-state index in [1.165, 1.54) is 5.56 Å². The van der Waals surface area contributed by atoms with Crippen molar-refractivity contribution in [3.8, 4) is 0 Å². The molecule has 2 atom stereocenters. The van der Waals surface area contributed by atoms with E-state index in [4.69, 9.17) is 16.3 Å². The summed E-state index contributed by atoms with van der Waals surface area (Å²) >= 11 is 5.83. The molecular weight excluding hydrogens is 226 g/mol. The molecule has 0 spiro atoms. The van der Waals surface area contributed by atoms with Crippen molar-refractivity contribution in [2.45, 2.75) is 25.6 Å². The third-order valence-electron chi connectivity index (χ3n) is 2.95. The molecular formula is C11H18ClN3O. The van der Waals surface area contributed by atoms with Crippen LogP contribution in [0.1, 0.15) is 12.5 Å². The van der Waals surface area contributed by atoms with Gasteiger partial charge in [-0.15, -0.1) is 11.6 Å². The quantitative estimate of drug-likeness (QED) is 0.749. The van der Waals surface area contributed by atoms with E-state index in [9.17, 15) is 0 Å². The molecule has 0 radical (unpaired) electrons. The molecule has 2 rings (SSSR count). The minimum atomic E-state index is 0.162. The molecule has 1 aromatic rings. The Morgan fingerprint density at radius 1 is 1.62 bits per heavy atom. The predicted molar refractivity (Wildman–Crippen MR) is 63.5 cm³/mol. The molecule has 1 fully saturated rings. The van der Waals surface area contributed by atoms with Gasteiger partial charge in [-0.05, 0) is 6.92 Å². The number of aryl methyl sites for hydroxylation is 1. The van der Waals surface area contributed by atoms with Gasteiger partial charge in [0.25, 0.3) is 0 Å². The predicted octanol–water partition coefficient (Wildman–Crippen LogP) is 1.25. The highest BCUT2D eigenvalue weighted by Crippen LogP contribution is 2.15. The lowest BCUT2D eigenvalue weighted by Crippen LogP contribution is -2.48. The molecule has 1 aliphatic rings. The topological polar surface area (TPSA) is 30.3 Å². The number of morpholine rings is 1. The Morgan fingerprint density at radius 2 is 2.44 bits per heavy atom. The molecule has 0 saturated carbocycles. The van der Waals surface area contributed by atoms with Crippen LogP contribution in [0.25, 0.3) is 0 Å². The average molecular weight is 244 g/mol. The third kappa shape index (κ3) is 2.75. The van der Waals surface area contributed by atoms with E-state index in [-0.39, 0.29) is 6.10 Å². The molecule has 90 valence electrons. The summed E-state index contributed by atoms with van der Waals surface area (Å²) in [6.45, 7) is 4.77. The molecule has 4 nitrogen and oxygen atoms in total. The molecule has 0 N–H and O–H groups in total. The van der Waals surface area contributed by atoms with Crippen LogP contribution in [0.15, 0.2) is 12.4 Å². The number of ether oxygens (including phenoxy) is 1. The molecule has 1 saturated heterocycles. The largest absolute Gasteiger partial charge is 0.374 e. The molecule has 1 aromatic heterocycles. The summed E-state index contributed by atoms with van der Waals surface area (Å²) in [4.78, 5) is 2.40. The van der Waals surface area contributed by atoms with Gasteiger partial charge >= 0.3 is 0 Å². The fourth-order valence-corrected chi connectivity index (χ4v) is 2.16. The number of alkyl halides is 1. The molecule has 0 bridgehead atoms. The summed E-state index contributed by atoms with van der Waals surface area (Å²) < 4.78 is 7.45. The van der Waals surface area contributed by atoms with Crippen molar-refractivity contribution in [1.29, 1.82) is 0 Å². The first kappa shape index (κ1) is 11.9. The Kier molecular flexibility index (Phi) is 3.84. The Morgan fingerprint density at radius 3 is 3.06 bits per heavy atom. The zero-order valence-electron chi connectivity index (χ0n) is 9.77. The molecule has 16 heavy (non-hydrogen) atoms. The number of hydrogen-bond acceptors (Lipinski definition) is 3. The number of aromatic nitrogens is 2. The average Bonchev–Trinajstić information content (AvgIpc) is 2.67. The fraction of sp³-hybridized carbons (Fsp3) is 0.727. The van der Waals surface area contributed by atoms with Gasteiger partial charge in [0.2, 0.25) is 0 Å². The Bertz CT molecular complexity index is 342. The van der Waals surface area contributed by atoms with Crippen molar-refractivity contribution < 1.29 is 4.74 Å². The maximum atomic E-state index is 5.83. The van der Waals surface area contributed by atoms with Crippen LogP contribution in [0.3, 0.4) is 0 Å². The zero-order valence-corrected chi connectivity index (χ0v) is 10.5. The minimum absolute atomic E-state index is 0.162. The first-order chi connectivity index (χ1) is 7.69. The fourth-order valence-electron chi connectivity index (χ4n) is 1.98. The number of rotatable bonds is 3. The second kappa shape index (κ2) is 5.17. The van der Waals surface area contributed by atoms with Crippen LogP contribution >= 0.6 is 11.6 Å². The smallest absolute Gasteiger partial charge is 0.0838 e. The van der Waals surface area contributed by atoms with Gasteiger partial charge in [0.15, 0.2) is 0 Å². The maximum absolute atomic E-state index is 5.83. The van der Waals surface area contributed by atoms with Gasteiger partial charge in [0, 0.05) is 43.8 Å². The van der Waals surface area contributed by atoms with E-state index in [2.05, 4.69) is 23.1 Å². The second-order valence-electron chi connectivity index (χ2n) is 4.41. The molecule has 0 aromatic carbocycles. The molecule has 0 aliphatic carbocycles. The van der Waals surface area contributed by atoms with Crippen LogP contribution in [0, 0.1) is 0 Å². The summed E-state index contributed by atoms with van der Waals surface area (Å²) in [5.74, 6) is 0.566. The molecule has 2 heterocycles. The monoisotopic (exact) mass is 243 g/mol. The Labute approximate surface area is 101 Å². The van der Waals surface area contributed by atoms with Crippen molar-refractivity contribution in [2.75, 3.05) is 19.0 Å². The highest BCUT2D eigenvalue weighted by atomic mass is 35.5. The van der Waals surface area contributed by atoms with Crippen molar-refractivity contribution in [3.05, 3.63) is 18.0 Å². The first-order valence-electron chi connectivity index (χ1n) is 5.58. The molecule has 5 heteroatoms. The summed E-state index contributed by atoms with van der Waals surface area (Å²) in [7, 11) is 1.94. The van der Waals surface area contributed by atoms with Crippen molar-refractivity contribution in [2.24, 2.45) is 7.05 Å². The van der Waals surface area contributed by atoms with Gasteiger partial charge in [-0.2, -0.15) is 5.10 Å². The second-order valence-corrected chi connectivity index (χ2v) is 4.72. The summed E-state index contributed by atoms with van der Waals surface area (Å²) in [5.41, 5.74) is 1.24. The van der Waals surface area contributed by atoms with Gasteiger partial charge in [0.05, 0.1) is 18.9 Å². The lowest BCUT2D eigenvalue weighted by atomic mass is 10.2. The normalized spacial score (nSPS) is 27.2. The van der Waals surface area contributed by atoms with E-state index < -0.39 is 0 Å². The van der Waals surface area contributed by atoms with Gasteiger partial charge in [-0.3, -0.25) is 9.58 Å². The zero-order chi connectivity index (χ0) is 11.5. The molecule has 2 unspecified atom stereocenters. The van der Waals surface area contributed by atoms with Crippen molar-refractivity contribution in [1.82, 2.24) is 14.7 Å². The molecule has 0 amide bonds. The number of nitrogens with zero attached hydrogens (tertiary/aromatic N) is 3. The lowest BCUT2D eigenvalue weighted by molar-refractivity contribution is -0.0510. The van der Waals surface area contributed by atoms with Crippen LogP contribution in [0.2, 0.25) is 0 Å². The highest BCUT2D eigenvalue weighted by molar-refractivity contribution is 6.18. The molecule has 1 aliphatic heterocycles. The summed E-state index contributed by atoms with van der Waals surface area (Å²) in [6.07, 6.45) is 4.13. The summed E-state index contributed by atoms with van der Waals surface area (Å²) in [5, 5.41) is 4.18. The van der Waals surface area contributed by atoms with E-state index in [1.54, 1.807) is 0 Å². The van der Waals surface area contributed by atoms with Crippen molar-refractivity contribution >= 4 is 11.6 Å². The number of halogens is 1. The lowest BCUT2D eigenvalue weighted by Gasteiger charge is -2.37. The maximum Gasteiger partial charge on any atom is 0.0838 e. The van der Waals surface area contributed by atoms with Crippen LogP contribution in [-0.4, -0.2) is 45.9 Å². The van der Waals surface area contributed by atoms with E-state index in [0.717, 1.165) is 19.7 Å².